The number of hydrogen-bond donors (Lipinski definition) is 2. The summed E-state index contributed by atoms with van der Waals surface area (Å²) in [5.74, 6) is -0.355. The molecule has 0 spiro atoms. The van der Waals surface area contributed by atoms with Crippen molar-refractivity contribution in [2.24, 2.45) is 5.92 Å². The van der Waals surface area contributed by atoms with E-state index in [4.69, 9.17) is 11.6 Å². The molecule has 1 fully saturated rings. The van der Waals surface area contributed by atoms with Gasteiger partial charge in [-0.05, 0) is 56.5 Å². The highest BCUT2D eigenvalue weighted by Gasteiger charge is 2.15. The zero-order chi connectivity index (χ0) is 13.7. The van der Waals surface area contributed by atoms with E-state index in [1.165, 1.54) is 25.0 Å². The van der Waals surface area contributed by atoms with E-state index in [0.717, 1.165) is 25.6 Å². The second-order valence-corrected chi connectivity index (χ2v) is 5.32. The third kappa shape index (κ3) is 4.93. The van der Waals surface area contributed by atoms with E-state index in [9.17, 15) is 9.18 Å². The van der Waals surface area contributed by atoms with Gasteiger partial charge in [-0.15, -0.1) is 12.4 Å². The van der Waals surface area contributed by atoms with Crippen molar-refractivity contribution in [3.8, 4) is 0 Å². The first kappa shape index (κ1) is 17.2. The molecule has 6 heteroatoms. The van der Waals surface area contributed by atoms with Gasteiger partial charge in [0, 0.05) is 11.6 Å². The van der Waals surface area contributed by atoms with Crippen LogP contribution in [0.2, 0.25) is 5.02 Å². The molecule has 3 nitrogen and oxygen atoms in total. The molecule has 2 rings (SSSR count). The molecule has 1 aromatic carbocycles. The summed E-state index contributed by atoms with van der Waals surface area (Å²) in [6, 6.07) is 4.08. The fourth-order valence-corrected chi connectivity index (χ4v) is 2.49. The first-order chi connectivity index (χ1) is 9.16. The number of rotatable bonds is 4. The molecule has 1 amide bonds. The minimum absolute atomic E-state index is 0. The standard InChI is InChI=1S/C14H18ClFN2O.ClH/c15-11-3-4-12(13(16)8-11)14(19)18-7-5-10-2-1-6-17-9-10;/h3-4,8,10,17H,1-2,5-7,9H2,(H,18,19);1H. The minimum Gasteiger partial charge on any atom is -0.352 e. The van der Waals surface area contributed by atoms with Crippen molar-refractivity contribution in [2.75, 3.05) is 19.6 Å². The molecule has 0 aliphatic carbocycles. The Morgan fingerprint density at radius 3 is 2.95 bits per heavy atom. The summed E-state index contributed by atoms with van der Waals surface area (Å²) >= 11 is 5.65. The Morgan fingerprint density at radius 2 is 2.30 bits per heavy atom. The molecule has 1 aliphatic heterocycles. The Bertz CT molecular complexity index is 451. The van der Waals surface area contributed by atoms with Gasteiger partial charge in [0.25, 0.3) is 5.91 Å². The highest BCUT2D eigenvalue weighted by Crippen LogP contribution is 2.15. The highest BCUT2D eigenvalue weighted by molar-refractivity contribution is 6.30. The lowest BCUT2D eigenvalue weighted by molar-refractivity contribution is 0.0946. The van der Waals surface area contributed by atoms with Gasteiger partial charge >= 0.3 is 0 Å². The van der Waals surface area contributed by atoms with Crippen LogP contribution in [0.4, 0.5) is 4.39 Å². The fraction of sp³-hybridized carbons (Fsp3) is 0.500. The number of amides is 1. The van der Waals surface area contributed by atoms with Crippen LogP contribution in [0, 0.1) is 11.7 Å². The van der Waals surface area contributed by atoms with Gasteiger partial charge < -0.3 is 10.6 Å². The number of hydrogen-bond acceptors (Lipinski definition) is 2. The van der Waals surface area contributed by atoms with Crippen molar-refractivity contribution in [2.45, 2.75) is 19.3 Å². The fourth-order valence-electron chi connectivity index (χ4n) is 2.33. The van der Waals surface area contributed by atoms with Gasteiger partial charge in [-0.1, -0.05) is 11.6 Å². The molecule has 0 radical (unpaired) electrons. The van der Waals surface area contributed by atoms with Gasteiger partial charge in [-0.3, -0.25) is 4.79 Å². The van der Waals surface area contributed by atoms with Crippen LogP contribution in [0.5, 0.6) is 0 Å². The van der Waals surface area contributed by atoms with E-state index < -0.39 is 5.82 Å². The molecule has 0 aromatic heterocycles. The summed E-state index contributed by atoms with van der Waals surface area (Å²) in [5, 5.41) is 6.38. The van der Waals surface area contributed by atoms with E-state index in [2.05, 4.69) is 10.6 Å². The number of carbonyl (C=O) groups is 1. The lowest BCUT2D eigenvalue weighted by atomic mass is 9.96. The molecule has 20 heavy (non-hydrogen) atoms. The van der Waals surface area contributed by atoms with E-state index in [1.807, 2.05) is 0 Å². The molecule has 1 heterocycles. The summed E-state index contributed by atoms with van der Waals surface area (Å²) in [7, 11) is 0. The van der Waals surface area contributed by atoms with Gasteiger partial charge in [-0.25, -0.2) is 4.39 Å². The van der Waals surface area contributed by atoms with Crippen molar-refractivity contribution in [3.63, 3.8) is 0 Å². The molecule has 112 valence electrons. The third-order valence-corrected chi connectivity index (χ3v) is 3.65. The first-order valence-electron chi connectivity index (χ1n) is 6.61. The van der Waals surface area contributed by atoms with E-state index in [-0.39, 0.29) is 23.9 Å². The maximum absolute atomic E-state index is 13.5. The molecule has 0 bridgehead atoms. The average molecular weight is 321 g/mol. The number of halogens is 3. The predicted octanol–water partition coefficient (Wildman–Crippen LogP) is 3.02. The second-order valence-electron chi connectivity index (χ2n) is 4.88. The van der Waals surface area contributed by atoms with E-state index >= 15 is 0 Å². The zero-order valence-electron chi connectivity index (χ0n) is 11.1. The summed E-state index contributed by atoms with van der Waals surface area (Å²) in [6.07, 6.45) is 3.30. The maximum Gasteiger partial charge on any atom is 0.254 e. The molecular weight excluding hydrogens is 302 g/mol. The van der Waals surface area contributed by atoms with Gasteiger partial charge in [0.2, 0.25) is 0 Å². The summed E-state index contributed by atoms with van der Waals surface area (Å²) in [4.78, 5) is 11.8. The number of nitrogens with one attached hydrogen (secondary N) is 2. The highest BCUT2D eigenvalue weighted by atomic mass is 35.5. The molecule has 1 aromatic rings. The molecule has 1 saturated heterocycles. The maximum atomic E-state index is 13.5. The number of carbonyl (C=O) groups excluding carboxylic acids is 1. The summed E-state index contributed by atoms with van der Waals surface area (Å²) in [6.45, 7) is 2.66. The van der Waals surface area contributed by atoms with Crippen LogP contribution in [-0.4, -0.2) is 25.5 Å². The Kier molecular flexibility index (Phi) is 7.27. The lowest BCUT2D eigenvalue weighted by Crippen LogP contribution is -2.33. The monoisotopic (exact) mass is 320 g/mol. The third-order valence-electron chi connectivity index (χ3n) is 3.41. The second kappa shape index (κ2) is 8.45. The van der Waals surface area contributed by atoms with Crippen molar-refractivity contribution >= 4 is 29.9 Å². The largest absolute Gasteiger partial charge is 0.352 e. The molecule has 2 N–H and O–H groups in total. The van der Waals surface area contributed by atoms with Crippen molar-refractivity contribution in [1.29, 1.82) is 0 Å². The van der Waals surface area contributed by atoms with Crippen LogP contribution in [-0.2, 0) is 0 Å². The smallest absolute Gasteiger partial charge is 0.254 e. The van der Waals surface area contributed by atoms with E-state index in [1.54, 1.807) is 0 Å². The van der Waals surface area contributed by atoms with Crippen LogP contribution in [0.25, 0.3) is 0 Å². The molecule has 1 atom stereocenters. The Morgan fingerprint density at radius 1 is 1.50 bits per heavy atom. The Labute approximate surface area is 129 Å². The zero-order valence-corrected chi connectivity index (χ0v) is 12.7. The predicted molar refractivity (Wildman–Crippen MR) is 81.2 cm³/mol. The van der Waals surface area contributed by atoms with Gasteiger partial charge in [0.15, 0.2) is 0 Å². The molecule has 0 saturated carbocycles. The Balaban J connectivity index is 0.00000200. The number of piperidine rings is 1. The molecular formula is C14H19Cl2FN2O. The van der Waals surface area contributed by atoms with Gasteiger partial charge in [-0.2, -0.15) is 0 Å². The Hall–Kier alpha value is -0.840. The van der Waals surface area contributed by atoms with Crippen LogP contribution in [0.3, 0.4) is 0 Å². The summed E-state index contributed by atoms with van der Waals surface area (Å²) < 4.78 is 13.5. The average Bonchev–Trinajstić information content (AvgIpc) is 2.39. The van der Waals surface area contributed by atoms with Crippen LogP contribution >= 0.6 is 24.0 Å². The van der Waals surface area contributed by atoms with Crippen LogP contribution in [0.15, 0.2) is 18.2 Å². The van der Waals surface area contributed by atoms with Crippen LogP contribution < -0.4 is 10.6 Å². The quantitative estimate of drug-likeness (QED) is 0.895. The van der Waals surface area contributed by atoms with Crippen molar-refractivity contribution in [1.82, 2.24) is 10.6 Å². The molecule has 1 unspecified atom stereocenters. The van der Waals surface area contributed by atoms with Crippen molar-refractivity contribution < 1.29 is 9.18 Å². The SMILES string of the molecule is Cl.O=C(NCCC1CCCNC1)c1ccc(Cl)cc1F. The number of benzene rings is 1. The normalized spacial score (nSPS) is 18.2. The minimum atomic E-state index is -0.579. The lowest BCUT2D eigenvalue weighted by Gasteiger charge is -2.22. The topological polar surface area (TPSA) is 41.1 Å². The van der Waals surface area contributed by atoms with Crippen molar-refractivity contribution in [3.05, 3.63) is 34.6 Å². The first-order valence-corrected chi connectivity index (χ1v) is 6.98. The van der Waals surface area contributed by atoms with Crippen LogP contribution in [0.1, 0.15) is 29.6 Å². The van der Waals surface area contributed by atoms with Gasteiger partial charge in [0.1, 0.15) is 5.82 Å². The summed E-state index contributed by atoms with van der Waals surface area (Å²) in [5.41, 5.74) is 0.0474. The van der Waals surface area contributed by atoms with Gasteiger partial charge in [0.05, 0.1) is 5.56 Å². The van der Waals surface area contributed by atoms with E-state index in [0.29, 0.717) is 17.5 Å². The molecule has 1 aliphatic rings.